The van der Waals surface area contributed by atoms with Gasteiger partial charge in [-0.25, -0.2) is 4.98 Å². The lowest BCUT2D eigenvalue weighted by Crippen LogP contribution is -2.32. The van der Waals surface area contributed by atoms with Gasteiger partial charge >= 0.3 is 0 Å². The van der Waals surface area contributed by atoms with Gasteiger partial charge in [0.25, 0.3) is 0 Å². The number of rotatable bonds is 4. The van der Waals surface area contributed by atoms with Gasteiger partial charge in [0.1, 0.15) is 11.9 Å². The second-order valence-electron chi connectivity index (χ2n) is 5.84. The number of carbonyl (C=O) groups excluding carboxylic acids is 1. The molecule has 1 amide bonds. The quantitative estimate of drug-likeness (QED) is 0.850. The molecule has 1 atom stereocenters. The lowest BCUT2D eigenvalue weighted by Gasteiger charge is -2.17. The standard InChI is InChI=1S/C17H18N4O3/c1-11-15(12(2)24-20-11)8-17(22)21-6-4-14(10-21)23-16-7-13(9-18)3-5-19-16/h3,5,7,14H,4,6,8,10H2,1-2H3. The van der Waals surface area contributed by atoms with Gasteiger partial charge in [-0.05, 0) is 19.9 Å². The number of ether oxygens (including phenoxy) is 1. The summed E-state index contributed by atoms with van der Waals surface area (Å²) in [6.07, 6.45) is 2.46. The fraction of sp³-hybridized carbons (Fsp3) is 0.412. The maximum Gasteiger partial charge on any atom is 0.227 e. The number of pyridine rings is 1. The second kappa shape index (κ2) is 6.71. The minimum absolute atomic E-state index is 0.0363. The Balaban J connectivity index is 1.59. The zero-order chi connectivity index (χ0) is 17.1. The van der Waals surface area contributed by atoms with E-state index in [1.165, 1.54) is 0 Å². The fourth-order valence-electron chi connectivity index (χ4n) is 2.78. The molecular formula is C17H18N4O3. The number of aryl methyl sites for hydroxylation is 2. The van der Waals surface area contributed by atoms with Gasteiger partial charge in [0.2, 0.25) is 11.8 Å². The van der Waals surface area contributed by atoms with E-state index in [0.717, 1.165) is 17.7 Å². The van der Waals surface area contributed by atoms with Gasteiger partial charge in [0, 0.05) is 30.8 Å². The van der Waals surface area contributed by atoms with E-state index in [1.807, 2.05) is 13.8 Å². The predicted molar refractivity (Wildman–Crippen MR) is 84.2 cm³/mol. The number of nitrogens with zero attached hydrogens (tertiary/aromatic N) is 4. The molecule has 1 unspecified atom stereocenters. The Morgan fingerprint density at radius 1 is 1.54 bits per heavy atom. The molecule has 124 valence electrons. The molecule has 0 aromatic carbocycles. The third-order valence-corrected chi connectivity index (χ3v) is 4.16. The molecule has 0 aliphatic carbocycles. The zero-order valence-electron chi connectivity index (χ0n) is 13.7. The summed E-state index contributed by atoms with van der Waals surface area (Å²) in [5, 5.41) is 12.8. The van der Waals surface area contributed by atoms with Crippen molar-refractivity contribution >= 4 is 5.91 Å². The second-order valence-corrected chi connectivity index (χ2v) is 5.84. The third-order valence-electron chi connectivity index (χ3n) is 4.16. The summed E-state index contributed by atoms with van der Waals surface area (Å²) >= 11 is 0. The molecule has 1 aliphatic rings. The summed E-state index contributed by atoms with van der Waals surface area (Å²) in [5.41, 5.74) is 2.11. The van der Waals surface area contributed by atoms with Crippen LogP contribution in [0.5, 0.6) is 5.88 Å². The first-order valence-corrected chi connectivity index (χ1v) is 7.79. The summed E-state index contributed by atoms with van der Waals surface area (Å²) in [7, 11) is 0. The van der Waals surface area contributed by atoms with Crippen molar-refractivity contribution in [3.05, 3.63) is 40.9 Å². The molecule has 1 saturated heterocycles. The molecule has 0 saturated carbocycles. The van der Waals surface area contributed by atoms with Gasteiger partial charge in [-0.3, -0.25) is 4.79 Å². The minimum atomic E-state index is -0.111. The average Bonchev–Trinajstić information content (AvgIpc) is 3.17. The summed E-state index contributed by atoms with van der Waals surface area (Å²) in [5.74, 6) is 1.14. The Bertz CT molecular complexity index is 774. The first kappa shape index (κ1) is 16.0. The molecule has 2 aromatic heterocycles. The number of hydrogen-bond acceptors (Lipinski definition) is 6. The third kappa shape index (κ3) is 3.38. The van der Waals surface area contributed by atoms with Crippen molar-refractivity contribution in [1.82, 2.24) is 15.0 Å². The highest BCUT2D eigenvalue weighted by molar-refractivity contribution is 5.79. The van der Waals surface area contributed by atoms with Crippen LogP contribution in [-0.4, -0.2) is 40.1 Å². The summed E-state index contributed by atoms with van der Waals surface area (Å²) < 4.78 is 10.9. The molecule has 7 nitrogen and oxygen atoms in total. The number of likely N-dealkylation sites (tertiary alicyclic amines) is 1. The first-order valence-electron chi connectivity index (χ1n) is 7.79. The van der Waals surface area contributed by atoms with E-state index in [1.54, 1.807) is 23.2 Å². The molecule has 0 N–H and O–H groups in total. The normalized spacial score (nSPS) is 16.9. The topological polar surface area (TPSA) is 92.3 Å². The zero-order valence-corrected chi connectivity index (χ0v) is 13.7. The number of amides is 1. The molecule has 3 rings (SSSR count). The van der Waals surface area contributed by atoms with Crippen molar-refractivity contribution < 1.29 is 14.1 Å². The molecular weight excluding hydrogens is 308 g/mol. The van der Waals surface area contributed by atoms with Crippen LogP contribution < -0.4 is 4.74 Å². The maximum atomic E-state index is 12.5. The monoisotopic (exact) mass is 326 g/mol. The molecule has 3 heterocycles. The van der Waals surface area contributed by atoms with Crippen LogP contribution in [0.4, 0.5) is 0 Å². The van der Waals surface area contributed by atoms with E-state index in [9.17, 15) is 4.79 Å². The molecule has 1 fully saturated rings. The highest BCUT2D eigenvalue weighted by atomic mass is 16.5. The lowest BCUT2D eigenvalue weighted by atomic mass is 10.1. The van der Waals surface area contributed by atoms with E-state index in [-0.39, 0.29) is 18.4 Å². The summed E-state index contributed by atoms with van der Waals surface area (Å²) in [6, 6.07) is 5.29. The Morgan fingerprint density at radius 3 is 3.08 bits per heavy atom. The maximum absolute atomic E-state index is 12.5. The van der Waals surface area contributed by atoms with E-state index in [2.05, 4.69) is 16.2 Å². The number of aromatic nitrogens is 2. The largest absolute Gasteiger partial charge is 0.472 e. The van der Waals surface area contributed by atoms with E-state index in [4.69, 9.17) is 14.5 Å². The fourth-order valence-corrected chi connectivity index (χ4v) is 2.78. The first-order chi connectivity index (χ1) is 11.6. The van der Waals surface area contributed by atoms with Gasteiger partial charge in [-0.15, -0.1) is 0 Å². The van der Waals surface area contributed by atoms with Crippen LogP contribution in [0.1, 0.15) is 29.0 Å². The van der Waals surface area contributed by atoms with Crippen molar-refractivity contribution in [2.45, 2.75) is 32.8 Å². The van der Waals surface area contributed by atoms with Crippen LogP contribution in [0.3, 0.4) is 0 Å². The molecule has 0 spiro atoms. The number of nitriles is 1. The van der Waals surface area contributed by atoms with Crippen LogP contribution in [0.15, 0.2) is 22.9 Å². The molecule has 0 radical (unpaired) electrons. The van der Waals surface area contributed by atoms with Gasteiger partial charge < -0.3 is 14.2 Å². The Kier molecular flexibility index (Phi) is 4.47. The van der Waals surface area contributed by atoms with E-state index < -0.39 is 0 Å². The van der Waals surface area contributed by atoms with E-state index >= 15 is 0 Å². The lowest BCUT2D eigenvalue weighted by molar-refractivity contribution is -0.129. The van der Waals surface area contributed by atoms with Crippen LogP contribution >= 0.6 is 0 Å². The Morgan fingerprint density at radius 2 is 2.38 bits per heavy atom. The van der Waals surface area contributed by atoms with Crippen LogP contribution in [0, 0.1) is 25.2 Å². The minimum Gasteiger partial charge on any atom is -0.472 e. The average molecular weight is 326 g/mol. The van der Waals surface area contributed by atoms with E-state index in [0.29, 0.717) is 30.3 Å². The highest BCUT2D eigenvalue weighted by Crippen LogP contribution is 2.20. The Labute approximate surface area is 139 Å². The number of carbonyl (C=O) groups is 1. The van der Waals surface area contributed by atoms with Gasteiger partial charge in [-0.2, -0.15) is 5.26 Å². The van der Waals surface area contributed by atoms with Crippen LogP contribution in [0.25, 0.3) is 0 Å². The summed E-state index contributed by atoms with van der Waals surface area (Å²) in [4.78, 5) is 18.3. The van der Waals surface area contributed by atoms with Crippen molar-refractivity contribution in [2.75, 3.05) is 13.1 Å². The van der Waals surface area contributed by atoms with Gasteiger partial charge in [0.15, 0.2) is 0 Å². The molecule has 0 bridgehead atoms. The summed E-state index contributed by atoms with van der Waals surface area (Å²) in [6.45, 7) is 4.81. The van der Waals surface area contributed by atoms with Crippen molar-refractivity contribution in [3.63, 3.8) is 0 Å². The predicted octanol–water partition coefficient (Wildman–Crippen LogP) is 1.78. The molecule has 7 heteroatoms. The molecule has 1 aliphatic heterocycles. The Hall–Kier alpha value is -2.88. The van der Waals surface area contributed by atoms with Gasteiger partial charge in [0.05, 0.1) is 30.3 Å². The molecule has 24 heavy (non-hydrogen) atoms. The van der Waals surface area contributed by atoms with Gasteiger partial charge in [-0.1, -0.05) is 5.16 Å². The van der Waals surface area contributed by atoms with Crippen LogP contribution in [-0.2, 0) is 11.2 Å². The van der Waals surface area contributed by atoms with Crippen LogP contribution in [0.2, 0.25) is 0 Å². The van der Waals surface area contributed by atoms with Crippen molar-refractivity contribution in [2.24, 2.45) is 0 Å². The number of hydrogen-bond donors (Lipinski definition) is 0. The molecule has 2 aromatic rings. The SMILES string of the molecule is Cc1noc(C)c1CC(=O)N1CCC(Oc2cc(C#N)ccn2)C1. The van der Waals surface area contributed by atoms with Crippen molar-refractivity contribution in [1.29, 1.82) is 5.26 Å². The van der Waals surface area contributed by atoms with Crippen molar-refractivity contribution in [3.8, 4) is 11.9 Å². The smallest absolute Gasteiger partial charge is 0.227 e. The highest BCUT2D eigenvalue weighted by Gasteiger charge is 2.29.